The van der Waals surface area contributed by atoms with E-state index in [2.05, 4.69) is 0 Å². The van der Waals surface area contributed by atoms with Crippen LogP contribution in [0.15, 0.2) is 0 Å². The average Bonchev–Trinajstić information content (AvgIpc) is 1.12. The standard InChI is InChI=1S/Cu.2K.2H2O4S.2H/c;;;2*1-5(2,3)4;;/h;;;2*(H2,1,2,3,4);;. The Kier molecular flexibility index (Phi) is 31.4. The van der Waals surface area contributed by atoms with E-state index in [0.29, 0.717) is 0 Å². The molecule has 0 aliphatic carbocycles. The summed E-state index contributed by atoms with van der Waals surface area (Å²) in [6.45, 7) is 0. The Labute approximate surface area is 171 Å². The molecule has 1 radical (unpaired) electrons. The van der Waals surface area contributed by atoms with Gasteiger partial charge in [0.1, 0.15) is 0 Å². The first-order valence-electron chi connectivity index (χ1n) is 1.40. The summed E-state index contributed by atoms with van der Waals surface area (Å²) in [4.78, 5) is 0. The summed E-state index contributed by atoms with van der Waals surface area (Å²) in [6.07, 6.45) is 0. The molecule has 79 valence electrons. The Bertz CT molecular complexity index is 217. The SMILES string of the molecule is O=S(=O)(O)O.O=S(=O)(O)O.[Cu].[KH].[KH]. The van der Waals surface area contributed by atoms with E-state index in [1.165, 1.54) is 0 Å². The molecule has 4 N–H and O–H groups in total. The average molecular weight is 340 g/mol. The summed E-state index contributed by atoms with van der Waals surface area (Å²) in [7, 11) is -9.33. The van der Waals surface area contributed by atoms with Crippen LogP contribution in [0.5, 0.6) is 0 Å². The molecule has 0 rings (SSSR count). The third-order valence-corrected chi connectivity index (χ3v) is 0. The second kappa shape index (κ2) is 13.6. The molecule has 0 unspecified atom stereocenters. The van der Waals surface area contributed by atoms with Crippen molar-refractivity contribution < 1.29 is 52.1 Å². The molecule has 0 aliphatic heterocycles. The molecule has 0 aromatic rings. The van der Waals surface area contributed by atoms with Crippen LogP contribution < -0.4 is 0 Å². The summed E-state index contributed by atoms with van der Waals surface area (Å²) in [5.74, 6) is 0. The molecule has 13 heavy (non-hydrogen) atoms. The Morgan fingerprint density at radius 3 is 0.615 bits per heavy atom. The van der Waals surface area contributed by atoms with Gasteiger partial charge in [0, 0.05) is 17.1 Å². The molecule has 0 aromatic carbocycles. The molecule has 0 heterocycles. The predicted octanol–water partition coefficient (Wildman–Crippen LogP) is -2.61. The van der Waals surface area contributed by atoms with Crippen molar-refractivity contribution in [3.8, 4) is 0 Å². The van der Waals surface area contributed by atoms with E-state index in [9.17, 15) is 0 Å². The maximum absolute atomic E-state index is 8.74. The van der Waals surface area contributed by atoms with Gasteiger partial charge in [-0.3, -0.25) is 18.2 Å². The van der Waals surface area contributed by atoms with Crippen molar-refractivity contribution in [1.82, 2.24) is 0 Å². The van der Waals surface area contributed by atoms with Gasteiger partial charge < -0.3 is 0 Å². The summed E-state index contributed by atoms with van der Waals surface area (Å²) in [5, 5.41) is 0. The van der Waals surface area contributed by atoms with Crippen LogP contribution in [0.3, 0.4) is 0 Å². The van der Waals surface area contributed by atoms with Crippen molar-refractivity contribution in [2.75, 3.05) is 0 Å². The molecule has 0 saturated heterocycles. The third kappa shape index (κ3) is 228. The molecule has 0 bridgehead atoms. The Morgan fingerprint density at radius 1 is 0.615 bits per heavy atom. The monoisotopic (exact) mass is 339 g/mol. The van der Waals surface area contributed by atoms with Gasteiger partial charge in [-0.2, -0.15) is 16.8 Å². The molecule has 0 aliphatic rings. The fourth-order valence-corrected chi connectivity index (χ4v) is 0. The summed E-state index contributed by atoms with van der Waals surface area (Å²) in [6, 6.07) is 0. The van der Waals surface area contributed by atoms with Crippen LogP contribution in [-0.4, -0.2) is 138 Å². The van der Waals surface area contributed by atoms with Crippen LogP contribution >= 0.6 is 0 Å². The number of rotatable bonds is 0. The molecular formula is H6CuK2O8S2. The van der Waals surface area contributed by atoms with E-state index < -0.39 is 20.8 Å². The van der Waals surface area contributed by atoms with Crippen LogP contribution in [0.25, 0.3) is 0 Å². The second-order valence-corrected chi connectivity index (χ2v) is 2.69. The first-order valence-corrected chi connectivity index (χ1v) is 4.19. The molecular weight excluding hydrogens is 334 g/mol. The van der Waals surface area contributed by atoms with Gasteiger partial charge in [-0.15, -0.1) is 0 Å². The zero-order chi connectivity index (χ0) is 9.00. The first-order chi connectivity index (χ1) is 4.00. The Balaban J connectivity index is -0.0000000267. The fourth-order valence-electron chi connectivity index (χ4n) is 0. The van der Waals surface area contributed by atoms with Crippen molar-refractivity contribution in [3.05, 3.63) is 0 Å². The van der Waals surface area contributed by atoms with E-state index in [1.807, 2.05) is 0 Å². The normalized spacial score (nSPS) is 8.92. The van der Waals surface area contributed by atoms with Crippen LogP contribution in [0, 0.1) is 0 Å². The molecule has 0 fully saturated rings. The molecule has 0 spiro atoms. The van der Waals surface area contributed by atoms with Gasteiger partial charge in [0.25, 0.3) is 0 Å². The summed E-state index contributed by atoms with van der Waals surface area (Å²) >= 11 is 0. The fraction of sp³-hybridized carbons (Fsp3) is 0. The van der Waals surface area contributed by atoms with E-state index in [-0.39, 0.29) is 120 Å². The summed E-state index contributed by atoms with van der Waals surface area (Å²) in [5.41, 5.74) is 0. The minimum absolute atomic E-state index is 0. The number of hydrogen-bond donors (Lipinski definition) is 4. The van der Waals surface area contributed by atoms with Crippen molar-refractivity contribution in [1.29, 1.82) is 0 Å². The Morgan fingerprint density at radius 2 is 0.615 bits per heavy atom. The van der Waals surface area contributed by atoms with E-state index in [1.54, 1.807) is 0 Å². The molecule has 0 aromatic heterocycles. The predicted molar refractivity (Wildman–Crippen MR) is 42.7 cm³/mol. The maximum atomic E-state index is 8.74. The van der Waals surface area contributed by atoms with Crippen LogP contribution in [0.1, 0.15) is 0 Å². The topological polar surface area (TPSA) is 149 Å². The van der Waals surface area contributed by atoms with Crippen molar-refractivity contribution >= 4 is 124 Å². The quantitative estimate of drug-likeness (QED) is 0.277. The van der Waals surface area contributed by atoms with Gasteiger partial charge in [0.2, 0.25) is 0 Å². The third-order valence-electron chi connectivity index (χ3n) is 0. The van der Waals surface area contributed by atoms with E-state index >= 15 is 0 Å². The van der Waals surface area contributed by atoms with E-state index in [4.69, 9.17) is 35.0 Å². The first kappa shape index (κ1) is 30.0. The van der Waals surface area contributed by atoms with Crippen molar-refractivity contribution in [3.63, 3.8) is 0 Å². The van der Waals surface area contributed by atoms with Gasteiger partial charge in [-0.1, -0.05) is 0 Å². The zero-order valence-electron chi connectivity index (χ0n) is 4.54. The Hall–Kier alpha value is 3.53. The van der Waals surface area contributed by atoms with Crippen LogP contribution in [-0.2, 0) is 37.9 Å². The minimum atomic E-state index is -4.67. The van der Waals surface area contributed by atoms with Crippen molar-refractivity contribution in [2.45, 2.75) is 0 Å². The van der Waals surface area contributed by atoms with Gasteiger partial charge in [-0.25, -0.2) is 0 Å². The van der Waals surface area contributed by atoms with Gasteiger partial charge in [-0.05, 0) is 0 Å². The van der Waals surface area contributed by atoms with Gasteiger partial charge in [0.15, 0.2) is 0 Å². The van der Waals surface area contributed by atoms with Crippen molar-refractivity contribution in [2.24, 2.45) is 0 Å². The van der Waals surface area contributed by atoms with E-state index in [0.717, 1.165) is 0 Å². The summed E-state index contributed by atoms with van der Waals surface area (Å²) < 4.78 is 63.2. The second-order valence-electron chi connectivity index (χ2n) is 0.896. The van der Waals surface area contributed by atoms with Gasteiger partial charge >= 0.3 is 124 Å². The molecule has 0 amide bonds. The molecule has 13 heteroatoms. The van der Waals surface area contributed by atoms with Crippen LogP contribution in [0.2, 0.25) is 0 Å². The van der Waals surface area contributed by atoms with Gasteiger partial charge in [0.05, 0.1) is 0 Å². The number of hydrogen-bond acceptors (Lipinski definition) is 4. The molecule has 0 atom stereocenters. The molecule has 0 saturated carbocycles. The zero-order valence-corrected chi connectivity index (χ0v) is 7.11. The van der Waals surface area contributed by atoms with Crippen LogP contribution in [0.4, 0.5) is 0 Å². The molecule has 8 nitrogen and oxygen atoms in total.